The Hall–Kier alpha value is -0.330. The van der Waals surface area contributed by atoms with Crippen LogP contribution in [0.3, 0.4) is 0 Å². The monoisotopic (exact) mass is 423 g/mol. The van der Waals surface area contributed by atoms with E-state index >= 15 is 0 Å². The van der Waals surface area contributed by atoms with Crippen LogP contribution in [0.2, 0.25) is 5.02 Å². The van der Waals surface area contributed by atoms with Crippen molar-refractivity contribution in [1.29, 1.82) is 0 Å². The highest BCUT2D eigenvalue weighted by atomic mass is 127. The molecule has 2 aromatic rings. The largest absolute Gasteiger partial charge is 0.448 e. The van der Waals surface area contributed by atoms with Crippen molar-refractivity contribution in [2.75, 3.05) is 0 Å². The van der Waals surface area contributed by atoms with E-state index in [9.17, 15) is 0 Å². The van der Waals surface area contributed by atoms with Crippen molar-refractivity contribution in [2.45, 2.75) is 6.92 Å². The summed E-state index contributed by atoms with van der Waals surface area (Å²) in [5.41, 5.74) is 1.85. The molecular formula is C12H8BrClINO. The summed E-state index contributed by atoms with van der Waals surface area (Å²) in [6.45, 7) is 1.96. The van der Waals surface area contributed by atoms with Crippen molar-refractivity contribution in [1.82, 2.24) is 0 Å². The summed E-state index contributed by atoms with van der Waals surface area (Å²) in [6, 6.07) is 7.56. The first-order valence-corrected chi connectivity index (χ1v) is 7.06. The molecule has 2 nitrogen and oxygen atoms in total. The first-order valence-electron chi connectivity index (χ1n) is 4.81. The van der Waals surface area contributed by atoms with Crippen molar-refractivity contribution < 1.29 is 4.42 Å². The molecule has 0 aliphatic carbocycles. The van der Waals surface area contributed by atoms with E-state index in [0.717, 1.165) is 24.5 Å². The second-order valence-corrected chi connectivity index (χ2v) is 5.70. The molecule has 2 rings (SSSR count). The van der Waals surface area contributed by atoms with Gasteiger partial charge in [0.25, 0.3) is 0 Å². The lowest BCUT2D eigenvalue weighted by atomic mass is 10.2. The molecule has 5 heteroatoms. The number of furan rings is 1. The molecule has 0 saturated heterocycles. The van der Waals surface area contributed by atoms with Gasteiger partial charge >= 0.3 is 0 Å². The van der Waals surface area contributed by atoms with Crippen LogP contribution in [-0.2, 0) is 0 Å². The van der Waals surface area contributed by atoms with Crippen LogP contribution >= 0.6 is 50.1 Å². The van der Waals surface area contributed by atoms with E-state index in [-0.39, 0.29) is 0 Å². The Bertz CT molecular complexity index is 560. The van der Waals surface area contributed by atoms with Gasteiger partial charge < -0.3 is 4.42 Å². The van der Waals surface area contributed by atoms with Crippen LogP contribution in [0.25, 0.3) is 0 Å². The molecule has 17 heavy (non-hydrogen) atoms. The van der Waals surface area contributed by atoms with E-state index in [2.05, 4.69) is 43.5 Å². The molecule has 0 atom stereocenters. The highest BCUT2D eigenvalue weighted by molar-refractivity contribution is 14.1. The average molecular weight is 424 g/mol. The lowest BCUT2D eigenvalue weighted by Crippen LogP contribution is -1.76. The zero-order valence-electron chi connectivity index (χ0n) is 8.88. The first kappa shape index (κ1) is 13.1. The van der Waals surface area contributed by atoms with Crippen LogP contribution in [0.1, 0.15) is 11.3 Å². The van der Waals surface area contributed by atoms with E-state index in [4.69, 9.17) is 16.0 Å². The molecule has 0 aliphatic heterocycles. The van der Waals surface area contributed by atoms with Crippen LogP contribution in [0.15, 0.2) is 38.1 Å². The third-order valence-corrected chi connectivity index (χ3v) is 4.70. The van der Waals surface area contributed by atoms with Gasteiger partial charge in [-0.3, -0.25) is 4.99 Å². The molecule has 1 aromatic heterocycles. The predicted molar refractivity (Wildman–Crippen MR) is 82.6 cm³/mol. The Morgan fingerprint density at radius 3 is 2.76 bits per heavy atom. The number of halogens is 3. The number of hydrogen-bond acceptors (Lipinski definition) is 2. The summed E-state index contributed by atoms with van der Waals surface area (Å²) in [5.74, 6) is 0.706. The smallest absolute Gasteiger partial charge is 0.178 e. The van der Waals surface area contributed by atoms with Gasteiger partial charge in [0, 0.05) is 33.7 Å². The Morgan fingerprint density at radius 2 is 2.18 bits per heavy atom. The van der Waals surface area contributed by atoms with Gasteiger partial charge in [0.15, 0.2) is 3.77 Å². The molecular weight excluding hydrogens is 416 g/mol. The number of aliphatic imine (C=N–C) groups is 1. The van der Waals surface area contributed by atoms with Crippen LogP contribution in [0.4, 0.5) is 5.69 Å². The third kappa shape index (κ3) is 3.33. The van der Waals surface area contributed by atoms with Gasteiger partial charge in [-0.05, 0) is 40.5 Å². The highest BCUT2D eigenvalue weighted by Crippen LogP contribution is 2.24. The summed E-state index contributed by atoms with van der Waals surface area (Å²) >= 11 is 11.5. The fourth-order valence-electron chi connectivity index (χ4n) is 1.23. The molecule has 88 valence electrons. The molecule has 0 amide bonds. The van der Waals surface area contributed by atoms with Crippen LogP contribution in [0.5, 0.6) is 0 Å². The summed E-state index contributed by atoms with van der Waals surface area (Å²) in [7, 11) is 0. The number of aryl methyl sites for hydroxylation is 1. The van der Waals surface area contributed by atoms with Crippen LogP contribution in [0, 0.1) is 10.7 Å². The third-order valence-electron chi connectivity index (χ3n) is 2.16. The molecule has 0 spiro atoms. The summed E-state index contributed by atoms with van der Waals surface area (Å²) < 4.78 is 7.19. The van der Waals surface area contributed by atoms with Crippen LogP contribution in [-0.4, -0.2) is 6.21 Å². The SMILES string of the molecule is Cc1ccc(N=Cc2cc(Br)c(I)o2)cc1Cl. The zero-order chi connectivity index (χ0) is 12.4. The topological polar surface area (TPSA) is 25.5 Å². The van der Waals surface area contributed by atoms with Crippen molar-refractivity contribution in [3.05, 3.63) is 48.9 Å². The minimum Gasteiger partial charge on any atom is -0.448 e. The number of hydrogen-bond donors (Lipinski definition) is 0. The predicted octanol–water partition coefficient (Wildman–Crippen LogP) is 5.36. The van der Waals surface area contributed by atoms with Crippen molar-refractivity contribution in [3.8, 4) is 0 Å². The number of rotatable bonds is 2. The quantitative estimate of drug-likeness (QED) is 0.471. The summed E-state index contributed by atoms with van der Waals surface area (Å²) in [4.78, 5) is 4.31. The van der Waals surface area contributed by atoms with Gasteiger partial charge in [-0.15, -0.1) is 0 Å². The fourth-order valence-corrected chi connectivity index (χ4v) is 2.12. The Labute approximate surface area is 126 Å². The molecule has 1 heterocycles. The van der Waals surface area contributed by atoms with Gasteiger partial charge in [-0.2, -0.15) is 0 Å². The van der Waals surface area contributed by atoms with Crippen molar-refractivity contribution in [3.63, 3.8) is 0 Å². The van der Waals surface area contributed by atoms with E-state index in [1.165, 1.54) is 0 Å². The van der Waals surface area contributed by atoms with Gasteiger partial charge in [-0.25, -0.2) is 0 Å². The standard InChI is InChI=1S/C12H8BrClINO/c1-7-2-3-8(4-11(7)14)16-6-9-5-10(13)12(15)17-9/h2-6H,1H3. The lowest BCUT2D eigenvalue weighted by Gasteiger charge is -1.97. The molecule has 0 radical (unpaired) electrons. The average Bonchev–Trinajstić information content (AvgIpc) is 2.60. The molecule has 0 N–H and O–H groups in total. The summed E-state index contributed by atoms with van der Waals surface area (Å²) in [5, 5.41) is 0.717. The van der Waals surface area contributed by atoms with E-state index in [0.29, 0.717) is 5.76 Å². The Balaban J connectivity index is 2.22. The molecule has 0 unspecified atom stereocenters. The second kappa shape index (κ2) is 5.54. The van der Waals surface area contributed by atoms with E-state index in [1.807, 2.05) is 31.2 Å². The normalized spacial score (nSPS) is 11.3. The minimum absolute atomic E-state index is 0.706. The first-order chi connectivity index (χ1) is 8.06. The molecule has 0 aliphatic rings. The van der Waals surface area contributed by atoms with Crippen LogP contribution < -0.4 is 0 Å². The molecule has 0 saturated carbocycles. The van der Waals surface area contributed by atoms with Gasteiger partial charge in [0.05, 0.1) is 16.4 Å². The lowest BCUT2D eigenvalue weighted by molar-refractivity contribution is 0.530. The zero-order valence-corrected chi connectivity index (χ0v) is 13.4. The van der Waals surface area contributed by atoms with Crippen molar-refractivity contribution in [2.24, 2.45) is 4.99 Å². The maximum absolute atomic E-state index is 6.02. The van der Waals surface area contributed by atoms with Gasteiger partial charge in [0.2, 0.25) is 0 Å². The summed E-state index contributed by atoms with van der Waals surface area (Å²) in [6.07, 6.45) is 1.67. The van der Waals surface area contributed by atoms with E-state index in [1.54, 1.807) is 6.21 Å². The molecule has 1 aromatic carbocycles. The fraction of sp³-hybridized carbons (Fsp3) is 0.0833. The molecule has 0 bridgehead atoms. The van der Waals surface area contributed by atoms with Gasteiger partial charge in [0.1, 0.15) is 5.76 Å². The molecule has 0 fully saturated rings. The maximum atomic E-state index is 6.02. The number of benzene rings is 1. The highest BCUT2D eigenvalue weighted by Gasteiger charge is 2.03. The van der Waals surface area contributed by atoms with E-state index < -0.39 is 0 Å². The minimum atomic E-state index is 0.706. The van der Waals surface area contributed by atoms with Crippen molar-refractivity contribution >= 4 is 62.0 Å². The Morgan fingerprint density at radius 1 is 1.41 bits per heavy atom. The maximum Gasteiger partial charge on any atom is 0.178 e. The Kier molecular flexibility index (Phi) is 4.27. The second-order valence-electron chi connectivity index (χ2n) is 3.46. The van der Waals surface area contributed by atoms with Gasteiger partial charge in [-0.1, -0.05) is 17.7 Å². The number of nitrogens with zero attached hydrogens (tertiary/aromatic N) is 1.